The Balaban J connectivity index is 2.18. The van der Waals surface area contributed by atoms with Gasteiger partial charge in [0, 0.05) is 32.7 Å². The van der Waals surface area contributed by atoms with E-state index in [0.717, 1.165) is 37.3 Å². The van der Waals surface area contributed by atoms with Crippen LogP contribution in [0.5, 0.6) is 0 Å². The Morgan fingerprint density at radius 3 is 2.88 bits per heavy atom. The number of nitrogens with zero attached hydrogens (tertiary/aromatic N) is 3. The monoisotopic (exact) mass is 222 g/mol. The van der Waals surface area contributed by atoms with Crippen molar-refractivity contribution in [2.45, 2.75) is 26.4 Å². The number of amides is 1. The molecule has 1 aliphatic heterocycles. The molecule has 1 aromatic heterocycles. The Hall–Kier alpha value is -1.36. The van der Waals surface area contributed by atoms with Crippen molar-refractivity contribution in [1.29, 1.82) is 0 Å². The van der Waals surface area contributed by atoms with Gasteiger partial charge in [-0.05, 0) is 13.0 Å². The zero-order valence-corrected chi connectivity index (χ0v) is 10.1. The van der Waals surface area contributed by atoms with E-state index in [4.69, 9.17) is 0 Å². The molecule has 5 nitrogen and oxygen atoms in total. The summed E-state index contributed by atoms with van der Waals surface area (Å²) < 4.78 is 0. The van der Waals surface area contributed by atoms with E-state index in [9.17, 15) is 4.79 Å². The fourth-order valence-electron chi connectivity index (χ4n) is 2.07. The maximum Gasteiger partial charge on any atom is 0.274 e. The topological polar surface area (TPSA) is 52.2 Å². The van der Waals surface area contributed by atoms with Crippen molar-refractivity contribution in [1.82, 2.24) is 20.0 Å². The summed E-state index contributed by atoms with van der Waals surface area (Å²) in [7, 11) is 3.50. The van der Waals surface area contributed by atoms with Crippen LogP contribution in [0.3, 0.4) is 0 Å². The minimum Gasteiger partial charge on any atom is -0.343 e. The Morgan fingerprint density at radius 1 is 1.50 bits per heavy atom. The molecule has 0 unspecified atom stereocenters. The number of fused-ring (bicyclic) bond motifs is 1. The van der Waals surface area contributed by atoms with Crippen molar-refractivity contribution in [2.75, 3.05) is 20.6 Å². The Morgan fingerprint density at radius 2 is 2.25 bits per heavy atom. The van der Waals surface area contributed by atoms with Crippen molar-refractivity contribution < 1.29 is 4.79 Å². The van der Waals surface area contributed by atoms with E-state index in [0.29, 0.717) is 5.69 Å². The summed E-state index contributed by atoms with van der Waals surface area (Å²) in [5.41, 5.74) is 2.75. The molecule has 0 spiro atoms. The first-order valence-electron chi connectivity index (χ1n) is 5.63. The highest BCUT2D eigenvalue weighted by Crippen LogP contribution is 2.24. The Kier molecular flexibility index (Phi) is 2.96. The number of hydrogen-bond acceptors (Lipinski definition) is 3. The molecule has 0 saturated heterocycles. The summed E-state index contributed by atoms with van der Waals surface area (Å²) >= 11 is 0. The lowest BCUT2D eigenvalue weighted by Gasteiger charge is -2.13. The summed E-state index contributed by atoms with van der Waals surface area (Å²) in [5.74, 6) is -0.0177. The fourth-order valence-corrected chi connectivity index (χ4v) is 2.07. The molecule has 0 radical (unpaired) electrons. The number of hydrogen-bond donors (Lipinski definition) is 1. The fraction of sp³-hybridized carbons (Fsp3) is 0.636. The van der Waals surface area contributed by atoms with Gasteiger partial charge in [-0.2, -0.15) is 5.10 Å². The molecule has 1 aliphatic rings. The van der Waals surface area contributed by atoms with Crippen LogP contribution in [0, 0.1) is 0 Å². The standard InChI is InChI=1S/C11H18N4O/c1-4-5-15-6-8-9(7-15)12-13-10(8)11(16)14(2)3/h4-7H2,1-3H3,(H,12,13). The number of carbonyl (C=O) groups excluding carboxylic acids is 1. The van der Waals surface area contributed by atoms with E-state index < -0.39 is 0 Å². The van der Waals surface area contributed by atoms with Crippen LogP contribution in [0.2, 0.25) is 0 Å². The molecule has 1 N–H and O–H groups in total. The molecule has 0 aromatic carbocycles. The normalized spacial score (nSPS) is 15.2. The molecule has 5 heteroatoms. The number of aromatic amines is 1. The Bertz CT molecular complexity index is 397. The second-order valence-electron chi connectivity index (χ2n) is 4.44. The Labute approximate surface area is 95.4 Å². The first-order valence-corrected chi connectivity index (χ1v) is 5.63. The van der Waals surface area contributed by atoms with Crippen molar-refractivity contribution >= 4 is 5.91 Å². The number of H-pyrrole nitrogens is 1. The van der Waals surface area contributed by atoms with Gasteiger partial charge in [-0.15, -0.1) is 0 Å². The molecule has 0 aliphatic carbocycles. The number of aromatic nitrogens is 2. The van der Waals surface area contributed by atoms with Crippen LogP contribution in [0.4, 0.5) is 0 Å². The average molecular weight is 222 g/mol. The SMILES string of the molecule is CCCN1Cc2[nH]nc(C(=O)N(C)C)c2C1. The third-order valence-corrected chi connectivity index (χ3v) is 2.86. The molecule has 0 saturated carbocycles. The van der Waals surface area contributed by atoms with Gasteiger partial charge in [0.15, 0.2) is 5.69 Å². The predicted molar refractivity (Wildman–Crippen MR) is 61.0 cm³/mol. The number of nitrogens with one attached hydrogen (secondary N) is 1. The summed E-state index contributed by atoms with van der Waals surface area (Å²) in [5, 5.41) is 7.08. The zero-order chi connectivity index (χ0) is 11.7. The van der Waals surface area contributed by atoms with Gasteiger partial charge in [-0.1, -0.05) is 6.92 Å². The van der Waals surface area contributed by atoms with Gasteiger partial charge in [0.05, 0.1) is 5.69 Å². The summed E-state index contributed by atoms with van der Waals surface area (Å²) in [6.45, 7) is 4.96. The highest BCUT2D eigenvalue weighted by molar-refractivity contribution is 5.93. The largest absolute Gasteiger partial charge is 0.343 e. The van der Waals surface area contributed by atoms with Crippen LogP contribution in [-0.4, -0.2) is 46.5 Å². The molecule has 88 valence electrons. The van der Waals surface area contributed by atoms with Crippen LogP contribution in [0.1, 0.15) is 35.1 Å². The van der Waals surface area contributed by atoms with E-state index in [1.54, 1.807) is 19.0 Å². The van der Waals surface area contributed by atoms with Crippen LogP contribution in [0.25, 0.3) is 0 Å². The molecule has 16 heavy (non-hydrogen) atoms. The molecule has 2 rings (SSSR count). The van der Waals surface area contributed by atoms with E-state index in [-0.39, 0.29) is 5.91 Å². The molecule has 0 bridgehead atoms. The summed E-state index contributed by atoms with van der Waals surface area (Å²) in [4.78, 5) is 15.8. The third kappa shape index (κ3) is 1.82. The minimum atomic E-state index is -0.0177. The zero-order valence-electron chi connectivity index (χ0n) is 10.1. The van der Waals surface area contributed by atoms with Crippen molar-refractivity contribution in [3.8, 4) is 0 Å². The third-order valence-electron chi connectivity index (χ3n) is 2.86. The molecular weight excluding hydrogens is 204 g/mol. The predicted octanol–water partition coefficient (Wildman–Crippen LogP) is 0.837. The lowest BCUT2D eigenvalue weighted by Crippen LogP contribution is -2.24. The van der Waals surface area contributed by atoms with Gasteiger partial charge in [0.2, 0.25) is 0 Å². The molecule has 1 aromatic rings. The lowest BCUT2D eigenvalue weighted by atomic mass is 10.2. The molecule has 0 fully saturated rings. The van der Waals surface area contributed by atoms with E-state index in [2.05, 4.69) is 22.0 Å². The minimum absolute atomic E-state index is 0.0177. The second-order valence-corrected chi connectivity index (χ2v) is 4.44. The van der Waals surface area contributed by atoms with Gasteiger partial charge >= 0.3 is 0 Å². The van der Waals surface area contributed by atoms with E-state index in [1.807, 2.05) is 0 Å². The molecular formula is C11H18N4O. The van der Waals surface area contributed by atoms with E-state index >= 15 is 0 Å². The lowest BCUT2D eigenvalue weighted by molar-refractivity contribution is 0.0820. The summed E-state index contributed by atoms with van der Waals surface area (Å²) in [6.07, 6.45) is 1.13. The van der Waals surface area contributed by atoms with E-state index in [1.165, 1.54) is 0 Å². The maximum atomic E-state index is 11.9. The quantitative estimate of drug-likeness (QED) is 0.824. The van der Waals surface area contributed by atoms with Crippen molar-refractivity contribution in [3.05, 3.63) is 17.0 Å². The maximum absolute atomic E-state index is 11.9. The van der Waals surface area contributed by atoms with Crippen molar-refractivity contribution in [3.63, 3.8) is 0 Å². The van der Waals surface area contributed by atoms with Crippen LogP contribution in [0.15, 0.2) is 0 Å². The molecule has 0 atom stereocenters. The molecule has 2 heterocycles. The number of rotatable bonds is 3. The summed E-state index contributed by atoms with van der Waals surface area (Å²) in [6, 6.07) is 0. The first-order chi connectivity index (χ1) is 7.63. The average Bonchev–Trinajstić information content (AvgIpc) is 2.76. The molecule has 1 amide bonds. The van der Waals surface area contributed by atoms with Gasteiger partial charge < -0.3 is 4.90 Å². The van der Waals surface area contributed by atoms with Crippen LogP contribution in [-0.2, 0) is 13.1 Å². The van der Waals surface area contributed by atoms with Crippen LogP contribution >= 0.6 is 0 Å². The second kappa shape index (κ2) is 4.25. The highest BCUT2D eigenvalue weighted by atomic mass is 16.2. The van der Waals surface area contributed by atoms with Crippen molar-refractivity contribution in [2.24, 2.45) is 0 Å². The van der Waals surface area contributed by atoms with Gasteiger partial charge in [-0.25, -0.2) is 0 Å². The highest BCUT2D eigenvalue weighted by Gasteiger charge is 2.27. The van der Waals surface area contributed by atoms with Gasteiger partial charge in [0.1, 0.15) is 0 Å². The van der Waals surface area contributed by atoms with Gasteiger partial charge in [0.25, 0.3) is 5.91 Å². The first kappa shape index (κ1) is 11.1. The van der Waals surface area contributed by atoms with Gasteiger partial charge in [-0.3, -0.25) is 14.8 Å². The smallest absolute Gasteiger partial charge is 0.274 e. The van der Waals surface area contributed by atoms with Crippen LogP contribution < -0.4 is 0 Å². The number of carbonyl (C=O) groups is 1.